The van der Waals surface area contributed by atoms with Gasteiger partial charge < -0.3 is 9.88 Å². The van der Waals surface area contributed by atoms with E-state index in [1.54, 1.807) is 0 Å². The minimum absolute atomic E-state index is 0.580. The lowest BCUT2D eigenvalue weighted by atomic mass is 10.2. The van der Waals surface area contributed by atoms with Crippen LogP contribution in [0.5, 0.6) is 0 Å². The molecule has 0 unspecified atom stereocenters. The Hall–Kier alpha value is -1.03. The van der Waals surface area contributed by atoms with Crippen molar-refractivity contribution in [1.29, 1.82) is 0 Å². The monoisotopic (exact) mass is 269 g/mol. The van der Waals surface area contributed by atoms with E-state index in [2.05, 4.69) is 10.3 Å². The van der Waals surface area contributed by atoms with Gasteiger partial charge in [-0.15, -0.1) is 0 Å². The van der Waals surface area contributed by atoms with Crippen molar-refractivity contribution in [3.8, 4) is 0 Å². The summed E-state index contributed by atoms with van der Waals surface area (Å²) in [5.41, 5.74) is 2.13. The van der Waals surface area contributed by atoms with Crippen molar-refractivity contribution in [2.45, 2.75) is 13.1 Å². The molecule has 0 aliphatic heterocycles. The molecule has 0 saturated carbocycles. The summed E-state index contributed by atoms with van der Waals surface area (Å²) in [6, 6.07) is 5.65. The first-order valence-corrected chi connectivity index (χ1v) is 6.04. The van der Waals surface area contributed by atoms with Gasteiger partial charge in [-0.2, -0.15) is 0 Å². The first-order chi connectivity index (χ1) is 8.19. The van der Waals surface area contributed by atoms with E-state index in [1.165, 1.54) is 0 Å². The lowest BCUT2D eigenvalue weighted by molar-refractivity contribution is 0.782. The third kappa shape index (κ3) is 3.22. The number of hydrogen-bond donors (Lipinski definition) is 1. The van der Waals surface area contributed by atoms with Crippen LogP contribution in [0.1, 0.15) is 11.3 Å². The van der Waals surface area contributed by atoms with E-state index >= 15 is 0 Å². The maximum absolute atomic E-state index is 5.97. The van der Waals surface area contributed by atoms with Crippen molar-refractivity contribution >= 4 is 23.2 Å². The quantitative estimate of drug-likeness (QED) is 0.925. The van der Waals surface area contributed by atoms with Gasteiger partial charge in [0.1, 0.15) is 0 Å². The van der Waals surface area contributed by atoms with E-state index in [0.717, 1.165) is 24.3 Å². The van der Waals surface area contributed by atoms with E-state index < -0.39 is 0 Å². The van der Waals surface area contributed by atoms with Gasteiger partial charge in [-0.1, -0.05) is 29.3 Å². The number of aromatic nitrogens is 2. The highest BCUT2D eigenvalue weighted by atomic mass is 35.5. The lowest BCUT2D eigenvalue weighted by Gasteiger charge is -2.04. The minimum Gasteiger partial charge on any atom is -0.333 e. The first-order valence-electron chi connectivity index (χ1n) is 5.28. The number of nitrogens with zero attached hydrogens (tertiary/aromatic N) is 2. The zero-order valence-electron chi connectivity index (χ0n) is 9.45. The summed E-state index contributed by atoms with van der Waals surface area (Å²) in [6.45, 7) is 1.52. The van der Waals surface area contributed by atoms with Gasteiger partial charge in [-0.25, -0.2) is 4.98 Å². The molecule has 0 fully saturated rings. The van der Waals surface area contributed by atoms with Gasteiger partial charge >= 0.3 is 0 Å². The zero-order valence-corrected chi connectivity index (χ0v) is 11.0. The first kappa shape index (κ1) is 12.4. The Balaban J connectivity index is 2.11. The Kier molecular flexibility index (Phi) is 4.05. The Morgan fingerprint density at radius 3 is 2.82 bits per heavy atom. The molecule has 5 heteroatoms. The Morgan fingerprint density at radius 1 is 1.29 bits per heavy atom. The third-order valence-electron chi connectivity index (χ3n) is 2.39. The van der Waals surface area contributed by atoms with Crippen molar-refractivity contribution in [1.82, 2.24) is 14.9 Å². The summed E-state index contributed by atoms with van der Waals surface area (Å²) in [5, 5.41) is 4.23. The Bertz CT molecular complexity index is 508. The van der Waals surface area contributed by atoms with Gasteiger partial charge in [0.15, 0.2) is 0 Å². The molecular formula is C12H13Cl2N3. The summed E-state index contributed by atoms with van der Waals surface area (Å²) >= 11 is 11.8. The number of rotatable bonds is 4. The molecule has 0 saturated heterocycles. The molecular weight excluding hydrogens is 257 g/mol. The molecule has 2 rings (SSSR count). The minimum atomic E-state index is 0.580. The molecule has 0 spiro atoms. The predicted octanol–water partition coefficient (Wildman–Crippen LogP) is 2.96. The van der Waals surface area contributed by atoms with Crippen molar-refractivity contribution < 1.29 is 0 Å². The number of imidazole rings is 1. The highest BCUT2D eigenvalue weighted by molar-refractivity contribution is 6.42. The summed E-state index contributed by atoms with van der Waals surface area (Å²) in [4.78, 5) is 4.28. The zero-order chi connectivity index (χ0) is 12.3. The van der Waals surface area contributed by atoms with Gasteiger partial charge in [0.25, 0.3) is 0 Å². The lowest BCUT2D eigenvalue weighted by Crippen LogP contribution is -2.05. The SMILES string of the molecule is CNCc1cn(Cc2ccc(Cl)c(Cl)c2)cn1. The van der Waals surface area contributed by atoms with Crippen LogP contribution in [0, 0.1) is 0 Å². The second-order valence-electron chi connectivity index (χ2n) is 3.82. The fourth-order valence-electron chi connectivity index (χ4n) is 1.61. The molecule has 1 heterocycles. The average Bonchev–Trinajstić information content (AvgIpc) is 2.72. The molecule has 0 aliphatic carbocycles. The standard InChI is InChI=1S/C12H13Cl2N3/c1-15-5-10-7-17(8-16-10)6-9-2-3-11(13)12(14)4-9/h2-4,7-8,15H,5-6H2,1H3. The topological polar surface area (TPSA) is 29.9 Å². The van der Waals surface area contributed by atoms with Gasteiger partial charge in [0.05, 0.1) is 22.1 Å². The van der Waals surface area contributed by atoms with Gasteiger partial charge in [0, 0.05) is 19.3 Å². The number of halogens is 2. The molecule has 0 atom stereocenters. The molecule has 17 heavy (non-hydrogen) atoms. The Morgan fingerprint density at radius 2 is 2.12 bits per heavy atom. The number of nitrogens with one attached hydrogen (secondary N) is 1. The highest BCUT2D eigenvalue weighted by Gasteiger charge is 2.02. The summed E-state index contributed by atoms with van der Waals surface area (Å²) in [7, 11) is 1.90. The largest absolute Gasteiger partial charge is 0.333 e. The van der Waals surface area contributed by atoms with E-state index in [0.29, 0.717) is 10.0 Å². The average molecular weight is 270 g/mol. The Labute approximate surface area is 110 Å². The van der Waals surface area contributed by atoms with Crippen LogP contribution in [-0.2, 0) is 13.1 Å². The van der Waals surface area contributed by atoms with Gasteiger partial charge in [0.2, 0.25) is 0 Å². The van der Waals surface area contributed by atoms with Crippen LogP contribution in [-0.4, -0.2) is 16.6 Å². The summed E-state index contributed by atoms with van der Waals surface area (Å²) < 4.78 is 2.02. The van der Waals surface area contributed by atoms with Crippen LogP contribution >= 0.6 is 23.2 Å². The van der Waals surface area contributed by atoms with E-state index in [4.69, 9.17) is 23.2 Å². The molecule has 1 N–H and O–H groups in total. The molecule has 2 aromatic rings. The number of hydrogen-bond acceptors (Lipinski definition) is 2. The summed E-state index contributed by atoms with van der Waals surface area (Å²) in [5.74, 6) is 0. The molecule has 0 bridgehead atoms. The second-order valence-corrected chi connectivity index (χ2v) is 4.63. The van der Waals surface area contributed by atoms with E-state index in [1.807, 2.05) is 42.3 Å². The maximum atomic E-state index is 5.97. The van der Waals surface area contributed by atoms with Crippen LogP contribution in [0.15, 0.2) is 30.7 Å². The van der Waals surface area contributed by atoms with Crippen LogP contribution in [0.25, 0.3) is 0 Å². The van der Waals surface area contributed by atoms with Crippen LogP contribution in [0.2, 0.25) is 10.0 Å². The molecule has 90 valence electrons. The normalized spacial score (nSPS) is 10.8. The van der Waals surface area contributed by atoms with Crippen molar-refractivity contribution in [3.05, 3.63) is 52.0 Å². The molecule has 0 amide bonds. The van der Waals surface area contributed by atoms with Crippen LogP contribution in [0.3, 0.4) is 0 Å². The van der Waals surface area contributed by atoms with E-state index in [-0.39, 0.29) is 0 Å². The van der Waals surface area contributed by atoms with Crippen molar-refractivity contribution in [2.75, 3.05) is 7.05 Å². The van der Waals surface area contributed by atoms with Gasteiger partial charge in [-0.3, -0.25) is 0 Å². The molecule has 1 aromatic carbocycles. The molecule has 1 aromatic heterocycles. The second kappa shape index (κ2) is 5.54. The molecule has 0 radical (unpaired) electrons. The third-order valence-corrected chi connectivity index (χ3v) is 3.13. The van der Waals surface area contributed by atoms with Crippen molar-refractivity contribution in [2.24, 2.45) is 0 Å². The highest BCUT2D eigenvalue weighted by Crippen LogP contribution is 2.22. The number of benzene rings is 1. The smallest absolute Gasteiger partial charge is 0.0953 e. The van der Waals surface area contributed by atoms with Crippen LogP contribution < -0.4 is 5.32 Å². The molecule has 3 nitrogen and oxygen atoms in total. The van der Waals surface area contributed by atoms with E-state index in [9.17, 15) is 0 Å². The fraction of sp³-hybridized carbons (Fsp3) is 0.250. The fourth-order valence-corrected chi connectivity index (χ4v) is 1.93. The summed E-state index contributed by atoms with van der Waals surface area (Å²) in [6.07, 6.45) is 3.83. The van der Waals surface area contributed by atoms with Crippen molar-refractivity contribution in [3.63, 3.8) is 0 Å². The predicted molar refractivity (Wildman–Crippen MR) is 70.6 cm³/mol. The maximum Gasteiger partial charge on any atom is 0.0953 e. The van der Waals surface area contributed by atoms with Gasteiger partial charge in [-0.05, 0) is 24.7 Å². The van der Waals surface area contributed by atoms with Crippen LogP contribution in [0.4, 0.5) is 0 Å². The molecule has 0 aliphatic rings.